The maximum absolute atomic E-state index is 13.6. The average Bonchev–Trinajstić information content (AvgIpc) is 3.36. The summed E-state index contributed by atoms with van der Waals surface area (Å²) in [4.78, 5) is 22.9. The third kappa shape index (κ3) is 3.99. The van der Waals surface area contributed by atoms with Crippen LogP contribution in [0, 0.1) is 12.8 Å². The Morgan fingerprint density at radius 3 is 2.53 bits per heavy atom. The van der Waals surface area contributed by atoms with Crippen LogP contribution in [0.5, 0.6) is 0 Å². The lowest BCUT2D eigenvalue weighted by Crippen LogP contribution is -2.39. The molecule has 4 aromatic rings. The highest BCUT2D eigenvalue weighted by atomic mass is 16.5. The van der Waals surface area contributed by atoms with E-state index in [1.165, 1.54) is 0 Å². The molecule has 4 rings (SSSR count). The zero-order chi connectivity index (χ0) is 21.3. The first-order chi connectivity index (χ1) is 14.4. The van der Waals surface area contributed by atoms with Crippen LogP contribution in [0.15, 0.2) is 59.3 Å². The van der Waals surface area contributed by atoms with E-state index in [2.05, 4.69) is 42.0 Å². The molecule has 154 valence electrons. The van der Waals surface area contributed by atoms with E-state index in [4.69, 9.17) is 4.52 Å². The molecule has 6 nitrogen and oxygen atoms in total. The molecule has 0 bridgehead atoms. The quantitative estimate of drug-likeness (QED) is 0.455. The predicted molar refractivity (Wildman–Crippen MR) is 118 cm³/mol. The van der Waals surface area contributed by atoms with Crippen molar-refractivity contribution < 1.29 is 9.32 Å². The van der Waals surface area contributed by atoms with Gasteiger partial charge in [0.15, 0.2) is 5.82 Å². The Labute approximate surface area is 175 Å². The van der Waals surface area contributed by atoms with Crippen LogP contribution in [0.3, 0.4) is 0 Å². The highest BCUT2D eigenvalue weighted by Crippen LogP contribution is 2.28. The van der Waals surface area contributed by atoms with Gasteiger partial charge in [-0.05, 0) is 74.7 Å². The van der Waals surface area contributed by atoms with Crippen molar-refractivity contribution in [1.82, 2.24) is 15.1 Å². The Balaban J connectivity index is 1.67. The number of nitrogens with one attached hydrogen (secondary N) is 1. The van der Waals surface area contributed by atoms with E-state index in [1.807, 2.05) is 53.6 Å². The molecule has 0 saturated heterocycles. The maximum atomic E-state index is 13.6. The Bertz CT molecular complexity index is 1160. The minimum Gasteiger partial charge on any atom is -0.361 e. The molecular weight excluding hydrogens is 376 g/mol. The summed E-state index contributed by atoms with van der Waals surface area (Å²) in [5.41, 5.74) is 3.38. The summed E-state index contributed by atoms with van der Waals surface area (Å²) in [6.07, 6.45) is 2.83. The van der Waals surface area contributed by atoms with Crippen LogP contribution >= 0.6 is 0 Å². The molecule has 6 heteroatoms. The molecule has 0 radical (unpaired) electrons. The zero-order valence-electron chi connectivity index (χ0n) is 17.7. The molecule has 30 heavy (non-hydrogen) atoms. The molecule has 1 atom stereocenters. The second-order valence-electron chi connectivity index (χ2n) is 8.13. The standard InChI is InChI=1S/C24H26N4O2/c1-15(2)13-16(3)28(21-9-10-22-20(14-21)11-12-25-22)24(29)19-7-5-18(6-8-19)23-26-17(4)27-30-23/h5-12,14-16,25H,13H2,1-4H3. The number of carbonyl (C=O) groups excluding carboxylic acids is 1. The van der Waals surface area contributed by atoms with Gasteiger partial charge in [-0.15, -0.1) is 0 Å². The lowest BCUT2D eigenvalue weighted by molar-refractivity contribution is 0.0976. The van der Waals surface area contributed by atoms with Crippen molar-refractivity contribution in [3.8, 4) is 11.5 Å². The number of fused-ring (bicyclic) bond motifs is 1. The molecule has 2 aromatic carbocycles. The summed E-state index contributed by atoms with van der Waals surface area (Å²) < 4.78 is 5.22. The molecule has 1 unspecified atom stereocenters. The molecule has 2 aromatic heterocycles. The Morgan fingerprint density at radius 1 is 1.10 bits per heavy atom. The Morgan fingerprint density at radius 2 is 1.87 bits per heavy atom. The van der Waals surface area contributed by atoms with Gasteiger partial charge in [0.2, 0.25) is 0 Å². The van der Waals surface area contributed by atoms with Crippen molar-refractivity contribution in [3.63, 3.8) is 0 Å². The smallest absolute Gasteiger partial charge is 0.258 e. The summed E-state index contributed by atoms with van der Waals surface area (Å²) in [6.45, 7) is 8.24. The van der Waals surface area contributed by atoms with Crippen LogP contribution in [0.1, 0.15) is 43.4 Å². The average molecular weight is 402 g/mol. The fourth-order valence-electron chi connectivity index (χ4n) is 3.86. The van der Waals surface area contributed by atoms with E-state index in [1.54, 1.807) is 6.92 Å². The summed E-state index contributed by atoms with van der Waals surface area (Å²) >= 11 is 0. The number of rotatable bonds is 6. The van der Waals surface area contributed by atoms with Crippen molar-refractivity contribution >= 4 is 22.5 Å². The van der Waals surface area contributed by atoms with Crippen molar-refractivity contribution in [2.45, 2.75) is 40.2 Å². The van der Waals surface area contributed by atoms with Crippen LogP contribution in [-0.2, 0) is 0 Å². The highest BCUT2D eigenvalue weighted by molar-refractivity contribution is 6.07. The van der Waals surface area contributed by atoms with Crippen LogP contribution in [0.25, 0.3) is 22.4 Å². The van der Waals surface area contributed by atoms with Crippen molar-refractivity contribution in [2.24, 2.45) is 5.92 Å². The molecule has 0 saturated carbocycles. The fourth-order valence-corrected chi connectivity index (χ4v) is 3.86. The van der Waals surface area contributed by atoms with Crippen LogP contribution < -0.4 is 4.90 Å². The maximum Gasteiger partial charge on any atom is 0.258 e. The largest absolute Gasteiger partial charge is 0.361 e. The van der Waals surface area contributed by atoms with Gasteiger partial charge in [-0.25, -0.2) is 0 Å². The Hall–Kier alpha value is -3.41. The van der Waals surface area contributed by atoms with Crippen molar-refractivity contribution in [3.05, 3.63) is 66.1 Å². The van der Waals surface area contributed by atoms with Crippen molar-refractivity contribution in [1.29, 1.82) is 0 Å². The molecular formula is C24H26N4O2. The predicted octanol–water partition coefficient (Wildman–Crippen LogP) is 5.61. The van der Waals surface area contributed by atoms with Gasteiger partial charge in [-0.2, -0.15) is 4.98 Å². The number of carbonyl (C=O) groups is 1. The first kappa shape index (κ1) is 19.9. The van der Waals surface area contributed by atoms with Gasteiger partial charge in [0.1, 0.15) is 0 Å². The monoisotopic (exact) mass is 402 g/mol. The minimum atomic E-state index is -0.0219. The first-order valence-electron chi connectivity index (χ1n) is 10.2. The molecule has 0 aliphatic heterocycles. The minimum absolute atomic E-state index is 0.0219. The van der Waals surface area contributed by atoms with Gasteiger partial charge >= 0.3 is 0 Å². The van der Waals surface area contributed by atoms with Crippen LogP contribution in [-0.4, -0.2) is 27.1 Å². The fraction of sp³-hybridized carbons (Fsp3) is 0.292. The molecule has 0 aliphatic rings. The zero-order valence-corrected chi connectivity index (χ0v) is 17.7. The molecule has 0 aliphatic carbocycles. The van der Waals surface area contributed by atoms with E-state index in [-0.39, 0.29) is 11.9 Å². The second-order valence-corrected chi connectivity index (χ2v) is 8.13. The first-order valence-corrected chi connectivity index (χ1v) is 10.2. The van der Waals surface area contributed by atoms with E-state index in [0.29, 0.717) is 23.2 Å². The van der Waals surface area contributed by atoms with Gasteiger partial charge < -0.3 is 14.4 Å². The summed E-state index contributed by atoms with van der Waals surface area (Å²) in [5, 5.41) is 4.91. The number of nitrogens with zero attached hydrogens (tertiary/aromatic N) is 3. The molecule has 0 fully saturated rings. The molecule has 1 N–H and O–H groups in total. The molecule has 2 heterocycles. The number of aryl methyl sites for hydroxylation is 1. The van der Waals surface area contributed by atoms with Crippen molar-refractivity contribution in [2.75, 3.05) is 4.90 Å². The summed E-state index contributed by atoms with van der Waals surface area (Å²) in [7, 11) is 0. The second kappa shape index (κ2) is 8.14. The van der Waals surface area contributed by atoms with Gasteiger partial charge in [-0.1, -0.05) is 19.0 Å². The Kier molecular flexibility index (Phi) is 5.40. The normalized spacial score (nSPS) is 12.4. The number of hydrogen-bond donors (Lipinski definition) is 1. The summed E-state index contributed by atoms with van der Waals surface area (Å²) in [5.74, 6) is 1.49. The van der Waals surface area contributed by atoms with Gasteiger partial charge in [0.05, 0.1) is 0 Å². The van der Waals surface area contributed by atoms with Gasteiger partial charge in [0, 0.05) is 40.0 Å². The van der Waals surface area contributed by atoms with Gasteiger partial charge in [0.25, 0.3) is 11.8 Å². The molecule has 1 amide bonds. The SMILES string of the molecule is Cc1noc(-c2ccc(C(=O)N(c3ccc4[nH]ccc4c3)C(C)CC(C)C)cc2)n1. The topological polar surface area (TPSA) is 75.0 Å². The number of amides is 1. The number of benzene rings is 2. The number of anilines is 1. The number of hydrogen-bond acceptors (Lipinski definition) is 4. The molecule has 0 spiro atoms. The van der Waals surface area contributed by atoms with Gasteiger partial charge in [-0.3, -0.25) is 4.79 Å². The van der Waals surface area contributed by atoms with Crippen LogP contribution in [0.2, 0.25) is 0 Å². The van der Waals surface area contributed by atoms with Crippen LogP contribution in [0.4, 0.5) is 5.69 Å². The van der Waals surface area contributed by atoms with E-state index in [9.17, 15) is 4.79 Å². The van der Waals surface area contributed by atoms with E-state index in [0.717, 1.165) is 28.6 Å². The third-order valence-electron chi connectivity index (χ3n) is 5.19. The number of aromatic amines is 1. The lowest BCUT2D eigenvalue weighted by atomic mass is 10.0. The highest BCUT2D eigenvalue weighted by Gasteiger charge is 2.24. The summed E-state index contributed by atoms with van der Waals surface area (Å²) in [6, 6.07) is 15.5. The number of H-pyrrole nitrogens is 1. The van der Waals surface area contributed by atoms with E-state index < -0.39 is 0 Å². The third-order valence-corrected chi connectivity index (χ3v) is 5.19. The lowest BCUT2D eigenvalue weighted by Gasteiger charge is -2.31. The number of aromatic nitrogens is 3. The van der Waals surface area contributed by atoms with E-state index >= 15 is 0 Å².